The molecule has 1 unspecified atom stereocenters. The standard InChI is InChI=1S/C29H32N4O4/c1-18-25(19(2)37-32-18)20-13-14-24-23(16-20)29(26(34)31-24,21-10-7-6-8-11-21)33-15-9-12-22(17-33)30-27(35)36-28(3,4)5/h6-8,10-14,16H,9,15,17H2,1-5H3,(H,30,35)(H,31,34). The zero-order valence-corrected chi connectivity index (χ0v) is 21.8. The Labute approximate surface area is 216 Å². The fraction of sp³-hybridized carbons (Fsp3) is 0.345. The quantitative estimate of drug-likeness (QED) is 0.507. The number of nitrogens with zero attached hydrogens (tertiary/aromatic N) is 2. The second kappa shape index (κ2) is 9.19. The molecular weight excluding hydrogens is 468 g/mol. The summed E-state index contributed by atoms with van der Waals surface area (Å²) in [4.78, 5) is 28.6. The Morgan fingerprint density at radius 1 is 1.16 bits per heavy atom. The summed E-state index contributed by atoms with van der Waals surface area (Å²) < 4.78 is 10.9. The molecule has 1 aromatic heterocycles. The van der Waals surface area contributed by atoms with Crippen molar-refractivity contribution in [1.29, 1.82) is 0 Å². The van der Waals surface area contributed by atoms with Gasteiger partial charge in [-0.1, -0.05) is 47.6 Å². The third-order valence-corrected chi connectivity index (χ3v) is 6.79. The van der Waals surface area contributed by atoms with E-state index in [1.165, 1.54) is 0 Å². The Bertz CT molecular complexity index is 1370. The van der Waals surface area contributed by atoms with Crippen LogP contribution in [0.3, 0.4) is 0 Å². The second-order valence-electron chi connectivity index (χ2n) is 10.6. The Kier molecular flexibility index (Phi) is 6.15. The first kappa shape index (κ1) is 24.8. The van der Waals surface area contributed by atoms with Crippen LogP contribution in [0.25, 0.3) is 11.1 Å². The summed E-state index contributed by atoms with van der Waals surface area (Å²) in [5, 5.41) is 10.1. The van der Waals surface area contributed by atoms with E-state index in [-0.39, 0.29) is 5.91 Å². The number of rotatable bonds is 4. The monoisotopic (exact) mass is 500 g/mol. The molecule has 8 heteroatoms. The number of nitrogens with one attached hydrogen (secondary N) is 2. The summed E-state index contributed by atoms with van der Waals surface area (Å²) >= 11 is 0. The van der Waals surface area contributed by atoms with Gasteiger partial charge in [-0.3, -0.25) is 15.0 Å². The average Bonchev–Trinajstić information content (AvgIpc) is 3.33. The first-order valence-electron chi connectivity index (χ1n) is 12.5. The predicted octanol–water partition coefficient (Wildman–Crippen LogP) is 5.27. The molecule has 0 saturated heterocycles. The maximum Gasteiger partial charge on any atom is 0.411 e. The highest BCUT2D eigenvalue weighted by atomic mass is 16.6. The summed E-state index contributed by atoms with van der Waals surface area (Å²) in [5.41, 5.74) is 4.16. The summed E-state index contributed by atoms with van der Waals surface area (Å²) in [7, 11) is 0. The lowest BCUT2D eigenvalue weighted by atomic mass is 9.80. The van der Waals surface area contributed by atoms with E-state index < -0.39 is 17.2 Å². The zero-order valence-electron chi connectivity index (χ0n) is 21.8. The number of carbonyl (C=O) groups is 2. The van der Waals surface area contributed by atoms with E-state index in [2.05, 4.69) is 26.8 Å². The van der Waals surface area contributed by atoms with Crippen LogP contribution < -0.4 is 10.6 Å². The molecule has 0 bridgehead atoms. The van der Waals surface area contributed by atoms with Crippen molar-refractivity contribution in [2.24, 2.45) is 0 Å². The van der Waals surface area contributed by atoms with Crippen molar-refractivity contribution in [3.63, 3.8) is 0 Å². The lowest BCUT2D eigenvalue weighted by Crippen LogP contribution is -2.55. The molecule has 1 atom stereocenters. The Morgan fingerprint density at radius 2 is 1.92 bits per heavy atom. The van der Waals surface area contributed by atoms with Crippen molar-refractivity contribution in [2.75, 3.05) is 18.4 Å². The summed E-state index contributed by atoms with van der Waals surface area (Å²) in [6, 6.07) is 15.8. The SMILES string of the molecule is Cc1noc(C)c1-c1ccc2c(c1)C(c1ccccc1)(N1CCC=C(NC(=O)OC(C)(C)C)C1)C(=O)N2. The van der Waals surface area contributed by atoms with E-state index in [9.17, 15) is 9.59 Å². The van der Waals surface area contributed by atoms with Crippen molar-refractivity contribution in [3.8, 4) is 11.1 Å². The number of fused-ring (bicyclic) bond motifs is 1. The molecule has 0 aliphatic carbocycles. The number of aryl methyl sites for hydroxylation is 2. The molecule has 192 valence electrons. The Morgan fingerprint density at radius 3 is 2.59 bits per heavy atom. The number of alkyl carbamates (subject to hydrolysis) is 1. The van der Waals surface area contributed by atoms with Crippen molar-refractivity contribution in [3.05, 3.63) is 82.9 Å². The molecule has 5 rings (SSSR count). The minimum Gasteiger partial charge on any atom is -0.444 e. The van der Waals surface area contributed by atoms with Gasteiger partial charge in [-0.25, -0.2) is 4.79 Å². The molecule has 2 aliphatic rings. The minimum absolute atomic E-state index is 0.122. The Balaban J connectivity index is 1.59. The molecule has 0 radical (unpaired) electrons. The zero-order chi connectivity index (χ0) is 26.4. The molecule has 3 aromatic rings. The van der Waals surface area contributed by atoms with Crippen molar-refractivity contribution < 1.29 is 18.8 Å². The van der Waals surface area contributed by atoms with Crippen LogP contribution in [0.1, 0.15) is 49.8 Å². The number of anilines is 1. The topological polar surface area (TPSA) is 96.7 Å². The number of amides is 2. The first-order chi connectivity index (χ1) is 17.6. The highest BCUT2D eigenvalue weighted by Crippen LogP contribution is 2.48. The van der Waals surface area contributed by atoms with E-state index in [4.69, 9.17) is 9.26 Å². The molecule has 2 N–H and O–H groups in total. The van der Waals surface area contributed by atoms with Crippen molar-refractivity contribution >= 4 is 17.7 Å². The molecule has 2 amide bonds. The van der Waals surface area contributed by atoms with Gasteiger partial charge >= 0.3 is 6.09 Å². The fourth-order valence-corrected chi connectivity index (χ4v) is 5.36. The summed E-state index contributed by atoms with van der Waals surface area (Å²) in [6.45, 7) is 10.3. The normalized spacial score (nSPS) is 19.7. The van der Waals surface area contributed by atoms with E-state index in [1.54, 1.807) is 0 Å². The van der Waals surface area contributed by atoms with Gasteiger partial charge in [0.25, 0.3) is 5.91 Å². The third-order valence-electron chi connectivity index (χ3n) is 6.79. The maximum absolute atomic E-state index is 14.0. The minimum atomic E-state index is -1.08. The molecule has 0 fully saturated rings. The lowest BCUT2D eigenvalue weighted by molar-refractivity contribution is -0.125. The number of hydrogen-bond donors (Lipinski definition) is 2. The van der Waals surface area contributed by atoms with E-state index in [1.807, 2.05) is 83.2 Å². The molecule has 37 heavy (non-hydrogen) atoms. The van der Waals surface area contributed by atoms with Crippen LogP contribution in [0.2, 0.25) is 0 Å². The number of benzene rings is 2. The summed E-state index contributed by atoms with van der Waals surface area (Å²) in [5.74, 6) is 0.605. The third kappa shape index (κ3) is 4.42. The number of carbonyl (C=O) groups excluding carboxylic acids is 2. The van der Waals surface area contributed by atoms with Gasteiger partial charge in [0, 0.05) is 35.6 Å². The number of ether oxygens (including phenoxy) is 1. The van der Waals surface area contributed by atoms with Gasteiger partial charge in [0.15, 0.2) is 5.54 Å². The van der Waals surface area contributed by atoms with Crippen LogP contribution in [-0.2, 0) is 15.1 Å². The van der Waals surface area contributed by atoms with Gasteiger partial charge in [-0.05, 0) is 64.3 Å². The van der Waals surface area contributed by atoms with Gasteiger partial charge in [0.05, 0.1) is 5.69 Å². The smallest absolute Gasteiger partial charge is 0.411 e. The molecule has 0 saturated carbocycles. The van der Waals surface area contributed by atoms with E-state index in [0.29, 0.717) is 25.2 Å². The maximum atomic E-state index is 14.0. The Hall–Kier alpha value is -3.91. The fourth-order valence-electron chi connectivity index (χ4n) is 5.36. The van der Waals surface area contributed by atoms with Crippen LogP contribution in [-0.4, -0.2) is 40.7 Å². The van der Waals surface area contributed by atoms with Gasteiger partial charge < -0.3 is 14.6 Å². The molecule has 0 spiro atoms. The van der Waals surface area contributed by atoms with Gasteiger partial charge in [0.1, 0.15) is 11.4 Å². The van der Waals surface area contributed by atoms with Crippen molar-refractivity contribution in [1.82, 2.24) is 15.4 Å². The lowest BCUT2D eigenvalue weighted by Gasteiger charge is -2.42. The molecule has 2 aliphatic heterocycles. The van der Waals surface area contributed by atoms with Crippen molar-refractivity contribution in [2.45, 2.75) is 52.2 Å². The molecule has 3 heterocycles. The van der Waals surface area contributed by atoms with Crippen LogP contribution in [0.5, 0.6) is 0 Å². The van der Waals surface area contributed by atoms with E-state index in [0.717, 1.165) is 39.4 Å². The van der Waals surface area contributed by atoms with Crippen LogP contribution in [0.15, 0.2) is 64.8 Å². The summed E-state index contributed by atoms with van der Waals surface area (Å²) in [6.07, 6.45) is 2.16. The highest BCUT2D eigenvalue weighted by molar-refractivity contribution is 6.09. The van der Waals surface area contributed by atoms with Gasteiger partial charge in [-0.15, -0.1) is 0 Å². The van der Waals surface area contributed by atoms with Crippen LogP contribution in [0, 0.1) is 13.8 Å². The molecular formula is C29H32N4O4. The van der Waals surface area contributed by atoms with Crippen LogP contribution in [0.4, 0.5) is 10.5 Å². The number of aromatic nitrogens is 1. The molecule has 8 nitrogen and oxygen atoms in total. The average molecular weight is 501 g/mol. The number of hydrogen-bond acceptors (Lipinski definition) is 6. The molecule has 2 aromatic carbocycles. The van der Waals surface area contributed by atoms with Gasteiger partial charge in [0.2, 0.25) is 0 Å². The largest absolute Gasteiger partial charge is 0.444 e. The van der Waals surface area contributed by atoms with E-state index >= 15 is 0 Å². The predicted molar refractivity (Wildman–Crippen MR) is 141 cm³/mol. The first-order valence-corrected chi connectivity index (χ1v) is 12.5. The second-order valence-corrected chi connectivity index (χ2v) is 10.6. The highest BCUT2D eigenvalue weighted by Gasteiger charge is 2.53. The van der Waals surface area contributed by atoms with Gasteiger partial charge in [-0.2, -0.15) is 0 Å². The van der Waals surface area contributed by atoms with Crippen LogP contribution >= 0.6 is 0 Å².